The number of hydrogen-bond donors (Lipinski definition) is 0. The zero-order valence-corrected chi connectivity index (χ0v) is 27.2. The van der Waals surface area contributed by atoms with Gasteiger partial charge < -0.3 is 9.47 Å². The second-order valence-corrected chi connectivity index (χ2v) is 11.6. The summed E-state index contributed by atoms with van der Waals surface area (Å²) in [6.07, 6.45) is 1.59. The standard InChI is InChI=1S/2C16H14BrClO2/c1-10-6-16(15(18)7-13(10)8-19)20-9-12-4-3-5-14(17)11(12)2;1-10-13(4-3-5-14(10)17)9-20-15-7-6-12(8-19)11(2)16(15)18/h2*3-8H,9H2,1-2H3. The van der Waals surface area contributed by atoms with Crippen molar-refractivity contribution in [3.05, 3.63) is 124 Å². The van der Waals surface area contributed by atoms with Gasteiger partial charge in [0.15, 0.2) is 0 Å². The first-order chi connectivity index (χ1) is 19.1. The Hall–Kier alpha value is -2.64. The van der Waals surface area contributed by atoms with Crippen molar-refractivity contribution in [1.29, 1.82) is 0 Å². The van der Waals surface area contributed by atoms with Crippen LogP contribution < -0.4 is 9.47 Å². The third kappa shape index (κ3) is 7.97. The summed E-state index contributed by atoms with van der Waals surface area (Å²) in [7, 11) is 0. The van der Waals surface area contributed by atoms with Gasteiger partial charge in [0.2, 0.25) is 0 Å². The monoisotopic (exact) mass is 704 g/mol. The van der Waals surface area contributed by atoms with Gasteiger partial charge in [0.25, 0.3) is 0 Å². The molecule has 0 N–H and O–H groups in total. The van der Waals surface area contributed by atoms with Crippen LogP contribution in [0.15, 0.2) is 69.6 Å². The summed E-state index contributed by atoms with van der Waals surface area (Å²) in [6.45, 7) is 8.60. The van der Waals surface area contributed by atoms with Crippen LogP contribution in [0.5, 0.6) is 11.5 Å². The van der Waals surface area contributed by atoms with Crippen molar-refractivity contribution in [1.82, 2.24) is 0 Å². The zero-order chi connectivity index (χ0) is 29.4. The second kappa shape index (κ2) is 14.8. The van der Waals surface area contributed by atoms with Gasteiger partial charge >= 0.3 is 0 Å². The fourth-order valence-electron chi connectivity index (χ4n) is 3.75. The van der Waals surface area contributed by atoms with Crippen LogP contribution in [0.1, 0.15) is 54.1 Å². The molecule has 4 aromatic carbocycles. The summed E-state index contributed by atoms with van der Waals surface area (Å²) in [5.74, 6) is 1.18. The first kappa shape index (κ1) is 31.9. The molecular weight excluding hydrogens is 679 g/mol. The highest BCUT2D eigenvalue weighted by molar-refractivity contribution is 9.10. The lowest BCUT2D eigenvalue weighted by molar-refractivity contribution is 0.111. The highest BCUT2D eigenvalue weighted by Gasteiger charge is 2.11. The minimum absolute atomic E-state index is 0.435. The Kier molecular flexibility index (Phi) is 11.8. The van der Waals surface area contributed by atoms with Crippen molar-refractivity contribution in [3.63, 3.8) is 0 Å². The van der Waals surface area contributed by atoms with Gasteiger partial charge in [-0.2, -0.15) is 0 Å². The van der Waals surface area contributed by atoms with Gasteiger partial charge in [-0.05, 0) is 97.5 Å². The number of halogens is 4. The van der Waals surface area contributed by atoms with Crippen molar-refractivity contribution in [3.8, 4) is 11.5 Å². The molecular formula is C32H28Br2Cl2O4. The largest absolute Gasteiger partial charge is 0.487 e. The highest BCUT2D eigenvalue weighted by Crippen LogP contribution is 2.31. The van der Waals surface area contributed by atoms with Gasteiger partial charge in [-0.3, -0.25) is 9.59 Å². The minimum Gasteiger partial charge on any atom is -0.487 e. The topological polar surface area (TPSA) is 52.6 Å². The van der Waals surface area contributed by atoms with Crippen molar-refractivity contribution >= 4 is 67.6 Å². The molecule has 0 aliphatic heterocycles. The third-order valence-electron chi connectivity index (χ3n) is 6.49. The van der Waals surface area contributed by atoms with E-state index in [0.29, 0.717) is 45.9 Å². The molecule has 4 aromatic rings. The number of carbonyl (C=O) groups is 2. The fraction of sp³-hybridized carbons (Fsp3) is 0.188. The predicted molar refractivity (Wildman–Crippen MR) is 170 cm³/mol. The van der Waals surface area contributed by atoms with Crippen molar-refractivity contribution < 1.29 is 19.1 Å². The minimum atomic E-state index is 0.435. The number of carbonyl (C=O) groups excluding carboxylic acids is 2. The van der Waals surface area contributed by atoms with E-state index in [1.165, 1.54) is 0 Å². The summed E-state index contributed by atoms with van der Waals surface area (Å²) in [5.41, 5.74) is 7.23. The normalized spacial score (nSPS) is 10.4. The van der Waals surface area contributed by atoms with Crippen LogP contribution >= 0.6 is 55.1 Å². The van der Waals surface area contributed by atoms with E-state index in [2.05, 4.69) is 31.9 Å². The average Bonchev–Trinajstić information content (AvgIpc) is 2.94. The quantitative estimate of drug-likeness (QED) is 0.171. The maximum absolute atomic E-state index is 10.8. The Balaban J connectivity index is 0.000000220. The van der Waals surface area contributed by atoms with Crippen LogP contribution in [-0.4, -0.2) is 12.6 Å². The molecule has 0 saturated carbocycles. The molecule has 0 bridgehead atoms. The molecule has 0 aliphatic carbocycles. The summed E-state index contributed by atoms with van der Waals surface area (Å²) >= 11 is 19.3. The lowest BCUT2D eigenvalue weighted by Crippen LogP contribution is -2.00. The van der Waals surface area contributed by atoms with Crippen molar-refractivity contribution in [2.45, 2.75) is 40.9 Å². The molecule has 0 spiro atoms. The Morgan fingerprint density at radius 1 is 0.675 bits per heavy atom. The molecule has 8 heteroatoms. The van der Waals surface area contributed by atoms with E-state index in [1.54, 1.807) is 24.3 Å². The summed E-state index contributed by atoms with van der Waals surface area (Å²) < 4.78 is 13.6. The van der Waals surface area contributed by atoms with E-state index < -0.39 is 0 Å². The van der Waals surface area contributed by atoms with Crippen LogP contribution in [0.2, 0.25) is 10.0 Å². The molecule has 0 fully saturated rings. The first-order valence-electron chi connectivity index (χ1n) is 12.3. The Labute approximate surface area is 261 Å². The van der Waals surface area contributed by atoms with E-state index >= 15 is 0 Å². The van der Waals surface area contributed by atoms with Gasteiger partial charge in [-0.25, -0.2) is 0 Å². The fourth-order valence-corrected chi connectivity index (χ4v) is 5.02. The summed E-state index contributed by atoms with van der Waals surface area (Å²) in [4.78, 5) is 21.7. The average molecular weight is 707 g/mol. The molecule has 0 aliphatic rings. The van der Waals surface area contributed by atoms with E-state index in [9.17, 15) is 9.59 Å². The molecule has 4 nitrogen and oxygen atoms in total. The molecule has 4 rings (SSSR count). The number of aryl methyl sites for hydroxylation is 1. The van der Waals surface area contributed by atoms with E-state index in [1.807, 2.05) is 64.1 Å². The van der Waals surface area contributed by atoms with Crippen LogP contribution in [-0.2, 0) is 13.2 Å². The molecule has 0 amide bonds. The Bertz CT molecular complexity index is 1480. The smallest absolute Gasteiger partial charge is 0.150 e. The third-order valence-corrected chi connectivity index (χ3v) is 8.98. The summed E-state index contributed by atoms with van der Waals surface area (Å²) in [5, 5.41) is 0.938. The number of benzene rings is 4. The highest BCUT2D eigenvalue weighted by atomic mass is 79.9. The van der Waals surface area contributed by atoms with Gasteiger partial charge in [0.1, 0.15) is 37.3 Å². The molecule has 0 aromatic heterocycles. The maximum atomic E-state index is 10.8. The molecule has 0 radical (unpaired) electrons. The van der Waals surface area contributed by atoms with E-state index in [4.69, 9.17) is 32.7 Å². The van der Waals surface area contributed by atoms with E-state index in [0.717, 1.165) is 54.9 Å². The molecule has 0 atom stereocenters. The lowest BCUT2D eigenvalue weighted by Gasteiger charge is -2.13. The van der Waals surface area contributed by atoms with Crippen LogP contribution in [0.25, 0.3) is 0 Å². The van der Waals surface area contributed by atoms with Crippen LogP contribution in [0, 0.1) is 27.7 Å². The molecule has 208 valence electrons. The van der Waals surface area contributed by atoms with Gasteiger partial charge in [-0.1, -0.05) is 79.3 Å². The molecule has 40 heavy (non-hydrogen) atoms. The van der Waals surface area contributed by atoms with Gasteiger partial charge in [-0.15, -0.1) is 0 Å². The maximum Gasteiger partial charge on any atom is 0.150 e. The molecule has 0 unspecified atom stereocenters. The zero-order valence-electron chi connectivity index (χ0n) is 22.5. The number of ether oxygens (including phenoxy) is 2. The number of aldehydes is 2. The molecule has 0 saturated heterocycles. The predicted octanol–water partition coefficient (Wildman–Crippen LogP) is 10.2. The van der Waals surface area contributed by atoms with Crippen molar-refractivity contribution in [2.75, 3.05) is 0 Å². The second-order valence-electron chi connectivity index (χ2n) is 9.09. The van der Waals surface area contributed by atoms with Gasteiger partial charge in [0.05, 0.1) is 10.0 Å². The SMILES string of the molecule is Cc1c(Br)cccc1COc1ccc(C=O)c(C)c1Cl.Cc1cc(OCc2cccc(Br)c2C)c(Cl)cc1C=O. The Morgan fingerprint density at radius 2 is 1.20 bits per heavy atom. The van der Waals surface area contributed by atoms with E-state index in [-0.39, 0.29) is 0 Å². The summed E-state index contributed by atoms with van der Waals surface area (Å²) in [6, 6.07) is 18.8. The van der Waals surface area contributed by atoms with Crippen LogP contribution in [0.4, 0.5) is 0 Å². The first-order valence-corrected chi connectivity index (χ1v) is 14.6. The Morgan fingerprint density at radius 3 is 1.73 bits per heavy atom. The molecule has 0 heterocycles. The van der Waals surface area contributed by atoms with Crippen molar-refractivity contribution in [2.24, 2.45) is 0 Å². The van der Waals surface area contributed by atoms with Gasteiger partial charge in [0, 0.05) is 20.1 Å². The number of rotatable bonds is 8. The van der Waals surface area contributed by atoms with Crippen LogP contribution in [0.3, 0.4) is 0 Å². The number of hydrogen-bond acceptors (Lipinski definition) is 4. The lowest BCUT2D eigenvalue weighted by atomic mass is 10.1.